The quantitative estimate of drug-likeness (QED) is 0.0631. The second-order valence-corrected chi connectivity index (χ2v) is 18.1. The molecule has 0 aliphatic carbocycles. The van der Waals surface area contributed by atoms with Crippen LogP contribution in [-0.4, -0.2) is 47.3 Å². The average molecular weight is 908 g/mol. The monoisotopic (exact) mass is 907 g/mol. The Labute approximate surface area is 323 Å². The highest BCUT2D eigenvalue weighted by molar-refractivity contribution is 7.90. The van der Waals surface area contributed by atoms with Crippen LogP contribution in [0.2, 0.25) is 0 Å². The smallest absolute Gasteiger partial charge is 0.317 e. The van der Waals surface area contributed by atoms with Gasteiger partial charge in [-0.05, 0) is 35.0 Å². The molecule has 0 radical (unpaired) electrons. The molecule has 0 saturated heterocycles. The Balaban J connectivity index is 1.40. The van der Waals surface area contributed by atoms with E-state index in [-0.39, 0.29) is 0 Å². The first-order valence-electron chi connectivity index (χ1n) is 15.2. The predicted octanol–water partition coefficient (Wildman–Crippen LogP) is 7.49. The molecule has 6 aromatic rings. The molecule has 0 fully saturated rings. The highest BCUT2D eigenvalue weighted by Crippen LogP contribution is 2.56. The number of halogens is 6. The molecule has 3 N–H and O–H groups in total. The highest BCUT2D eigenvalue weighted by atomic mass is 32.2. The zero-order valence-corrected chi connectivity index (χ0v) is 30.9. The van der Waals surface area contributed by atoms with Gasteiger partial charge in [-0.2, -0.15) is 42.5 Å². The lowest BCUT2D eigenvalue weighted by molar-refractivity contribution is 0.366. The first-order valence-corrected chi connectivity index (χ1v) is 21.0. The van der Waals surface area contributed by atoms with Crippen LogP contribution in [0.15, 0.2) is 72.7 Å². The summed E-state index contributed by atoms with van der Waals surface area (Å²) in [6, 6.07) is 4.27. The van der Waals surface area contributed by atoms with Gasteiger partial charge in [0.2, 0.25) is 34.6 Å². The molecule has 2 aliphatic rings. The van der Waals surface area contributed by atoms with Gasteiger partial charge in [0.1, 0.15) is 23.0 Å². The van der Waals surface area contributed by atoms with Crippen molar-refractivity contribution in [2.24, 2.45) is 4.58 Å². The maximum atomic E-state index is 16.6. The van der Waals surface area contributed by atoms with Crippen LogP contribution in [0.1, 0.15) is 0 Å². The standard InChI is InChI=1S/C32H11F6NO16S4/c33-23-21(25(35)29-31(27(23)37)54-17-7-12(57(43,44)45)2-9-1-11(56(41,42)39-40)5-15(52-29)19(9)17)22-24(34)28(38)32-30(26(22)36)53-16-6-13(58(46,47)48)3-10-4-14(59(49,50)51)8-18(55-32)20(10)16/h1-8H,(H,43,44,45)(H,46,47,48)(H,49,50,51). The number of nitrogens with zero attached hydrogens (tertiary/aromatic N) is 1. The average Bonchev–Trinajstić information content (AvgIpc) is 3.43. The Kier molecular flexibility index (Phi) is 8.55. The third kappa shape index (κ3) is 6.16. The van der Waals surface area contributed by atoms with Crippen LogP contribution in [0.3, 0.4) is 0 Å². The molecule has 6 aromatic carbocycles. The van der Waals surface area contributed by atoms with Crippen LogP contribution in [-0.2, 0) is 40.4 Å². The van der Waals surface area contributed by atoms with Crippen molar-refractivity contribution in [1.82, 2.24) is 0 Å². The van der Waals surface area contributed by atoms with Gasteiger partial charge in [-0.15, -0.1) is 4.91 Å². The fourth-order valence-electron chi connectivity index (χ4n) is 6.21. The third-order valence-electron chi connectivity index (χ3n) is 8.71. The number of fused-ring (bicyclic) bond motifs is 2. The molecule has 59 heavy (non-hydrogen) atoms. The van der Waals surface area contributed by atoms with Crippen molar-refractivity contribution >= 4 is 61.9 Å². The summed E-state index contributed by atoms with van der Waals surface area (Å²) in [7, 11) is -20.8. The van der Waals surface area contributed by atoms with Gasteiger partial charge in [0, 0.05) is 24.3 Å². The lowest BCUT2D eigenvalue weighted by atomic mass is 10.00. The number of ether oxygens (including phenoxy) is 4. The lowest BCUT2D eigenvalue weighted by Crippen LogP contribution is -2.07. The fourth-order valence-corrected chi connectivity index (χ4v) is 8.42. The van der Waals surface area contributed by atoms with Crippen molar-refractivity contribution in [3.05, 3.63) is 88.3 Å². The molecule has 0 bridgehead atoms. The Bertz CT molecular complexity index is 3470. The SMILES string of the molecule is O=NS(=O)(=O)c1cc2c3c(cc(S(=O)(=O)O)cc3c1)Oc1c(F)c(F)c(-c3c(F)c(F)c4c(c3F)Oc3cc(S(=O)(=O)O)cc5cc(S(=O)(=O)O)cc(c35)O4)c(F)c1O2. The van der Waals surface area contributed by atoms with Crippen LogP contribution in [0, 0.1) is 39.8 Å². The van der Waals surface area contributed by atoms with E-state index in [1.54, 1.807) is 0 Å². The van der Waals surface area contributed by atoms with Crippen molar-refractivity contribution in [2.75, 3.05) is 0 Å². The van der Waals surface area contributed by atoms with Crippen LogP contribution < -0.4 is 18.9 Å². The molecule has 0 saturated carbocycles. The van der Waals surface area contributed by atoms with Crippen LogP contribution >= 0.6 is 0 Å². The van der Waals surface area contributed by atoms with E-state index in [4.69, 9.17) is 18.9 Å². The van der Waals surface area contributed by atoms with Gasteiger partial charge >= 0.3 is 10.0 Å². The van der Waals surface area contributed by atoms with E-state index in [1.807, 2.05) is 4.58 Å². The van der Waals surface area contributed by atoms with Crippen molar-refractivity contribution < 1.29 is 92.6 Å². The number of rotatable bonds is 6. The largest absolute Gasteiger partial charge is 0.449 e. The summed E-state index contributed by atoms with van der Waals surface area (Å²) in [4.78, 5) is 6.82. The Morgan fingerprint density at radius 2 is 0.678 bits per heavy atom. The number of hydrogen-bond donors (Lipinski definition) is 3. The van der Waals surface area contributed by atoms with Gasteiger partial charge < -0.3 is 18.9 Å². The highest BCUT2D eigenvalue weighted by Gasteiger charge is 2.40. The van der Waals surface area contributed by atoms with Crippen LogP contribution in [0.5, 0.6) is 46.0 Å². The van der Waals surface area contributed by atoms with E-state index in [0.29, 0.717) is 48.5 Å². The summed E-state index contributed by atoms with van der Waals surface area (Å²) >= 11 is 0. The normalized spacial score (nSPS) is 13.6. The molecular weight excluding hydrogens is 897 g/mol. The maximum absolute atomic E-state index is 16.6. The molecule has 27 heteroatoms. The molecule has 0 amide bonds. The molecule has 0 unspecified atom stereocenters. The fraction of sp³-hybridized carbons (Fsp3) is 0. The number of nitroso groups, excluding NO2 is 1. The summed E-state index contributed by atoms with van der Waals surface area (Å²) in [5.74, 6) is -24.8. The maximum Gasteiger partial charge on any atom is 0.317 e. The summed E-state index contributed by atoms with van der Waals surface area (Å²) in [6.07, 6.45) is 0. The minimum Gasteiger partial charge on any atom is -0.449 e. The second-order valence-electron chi connectivity index (χ2n) is 12.2. The topological polar surface area (TPSA) is 264 Å². The van der Waals surface area contributed by atoms with Gasteiger partial charge in [-0.25, -0.2) is 17.6 Å². The molecular formula is C32H11F6NO16S4. The van der Waals surface area contributed by atoms with Crippen molar-refractivity contribution in [2.45, 2.75) is 19.6 Å². The molecule has 0 spiro atoms. The second kappa shape index (κ2) is 12.7. The van der Waals surface area contributed by atoms with Crippen LogP contribution in [0.4, 0.5) is 26.3 Å². The van der Waals surface area contributed by atoms with Crippen molar-refractivity contribution in [3.63, 3.8) is 0 Å². The number of benzene rings is 6. The summed E-state index contributed by atoms with van der Waals surface area (Å²) in [5, 5.41) is -2.22. The van der Waals surface area contributed by atoms with E-state index < -0.39 is 174 Å². The van der Waals surface area contributed by atoms with Gasteiger partial charge in [-0.1, -0.05) is 0 Å². The lowest BCUT2D eigenvalue weighted by Gasteiger charge is -2.18. The summed E-state index contributed by atoms with van der Waals surface area (Å²) in [5.41, 5.74) is -4.25. The van der Waals surface area contributed by atoms with Crippen molar-refractivity contribution in [1.29, 1.82) is 0 Å². The minimum atomic E-state index is -5.24. The van der Waals surface area contributed by atoms with E-state index >= 15 is 26.3 Å². The van der Waals surface area contributed by atoms with E-state index in [2.05, 4.69) is 0 Å². The molecule has 0 aromatic heterocycles. The number of hydrogen-bond acceptors (Lipinski definition) is 13. The Hall–Kier alpha value is -6.10. The number of sulfonamides is 1. The van der Waals surface area contributed by atoms with E-state index in [0.717, 1.165) is 0 Å². The minimum absolute atomic E-state index is 0.454. The van der Waals surface area contributed by atoms with Crippen LogP contribution in [0.25, 0.3) is 32.7 Å². The van der Waals surface area contributed by atoms with Gasteiger partial charge in [-0.3, -0.25) is 13.7 Å². The third-order valence-corrected chi connectivity index (χ3v) is 12.2. The molecule has 17 nitrogen and oxygen atoms in total. The van der Waals surface area contributed by atoms with Gasteiger partial charge in [0.15, 0.2) is 23.3 Å². The molecule has 8 rings (SSSR count). The Morgan fingerprint density at radius 1 is 0.407 bits per heavy atom. The van der Waals surface area contributed by atoms with Gasteiger partial charge in [0.05, 0.1) is 46.1 Å². The van der Waals surface area contributed by atoms with E-state index in [1.165, 1.54) is 0 Å². The van der Waals surface area contributed by atoms with Gasteiger partial charge in [0.25, 0.3) is 30.4 Å². The van der Waals surface area contributed by atoms with Crippen molar-refractivity contribution in [3.8, 4) is 57.1 Å². The molecule has 306 valence electrons. The zero-order valence-electron chi connectivity index (χ0n) is 27.6. The predicted molar refractivity (Wildman–Crippen MR) is 182 cm³/mol. The zero-order chi connectivity index (χ0) is 43.0. The van der Waals surface area contributed by atoms with E-state index in [9.17, 15) is 52.2 Å². The summed E-state index contributed by atoms with van der Waals surface area (Å²) in [6.45, 7) is 0. The molecule has 2 heterocycles. The summed E-state index contributed by atoms with van der Waals surface area (Å²) < 4.78 is 247. The first kappa shape index (κ1) is 39.7. The molecule has 0 atom stereocenters. The first-order chi connectivity index (χ1) is 27.3. The molecule has 2 aliphatic heterocycles. The Morgan fingerprint density at radius 3 is 0.966 bits per heavy atom.